The van der Waals surface area contributed by atoms with Gasteiger partial charge >= 0.3 is 0 Å². The number of thiophene rings is 1. The Labute approximate surface area is 94.3 Å². The minimum atomic E-state index is 0.531. The quantitative estimate of drug-likeness (QED) is 0.850. The van der Waals surface area contributed by atoms with E-state index < -0.39 is 0 Å². The first-order valence-corrected chi connectivity index (χ1v) is 7.27. The largest absolute Gasteiger partial charge is 0.307 e. The Balaban J connectivity index is 1.84. The third-order valence-electron chi connectivity index (χ3n) is 2.68. The molecule has 0 spiro atoms. The van der Waals surface area contributed by atoms with Crippen LogP contribution in [0.5, 0.6) is 0 Å². The summed E-state index contributed by atoms with van der Waals surface area (Å²) >= 11 is 3.94. The fourth-order valence-electron chi connectivity index (χ4n) is 1.84. The number of thioether (sulfide) groups is 1. The van der Waals surface area contributed by atoms with Crippen LogP contribution in [0, 0.1) is 0 Å². The first kappa shape index (κ1) is 10.5. The van der Waals surface area contributed by atoms with Crippen molar-refractivity contribution in [1.29, 1.82) is 0 Å². The maximum absolute atomic E-state index is 3.72. The van der Waals surface area contributed by atoms with Crippen LogP contribution in [-0.2, 0) is 0 Å². The van der Waals surface area contributed by atoms with Crippen LogP contribution < -0.4 is 5.32 Å². The molecule has 1 N–H and O–H groups in total. The summed E-state index contributed by atoms with van der Waals surface area (Å²) in [6.45, 7) is 2.27. The summed E-state index contributed by atoms with van der Waals surface area (Å²) in [5.41, 5.74) is 0. The van der Waals surface area contributed by atoms with Crippen molar-refractivity contribution in [3.63, 3.8) is 0 Å². The van der Waals surface area contributed by atoms with E-state index in [1.54, 1.807) is 0 Å². The van der Waals surface area contributed by atoms with Crippen LogP contribution in [0.4, 0.5) is 0 Å². The molecule has 0 radical (unpaired) electrons. The summed E-state index contributed by atoms with van der Waals surface area (Å²) in [6, 6.07) is 5.63. The molecule has 1 aromatic rings. The van der Waals surface area contributed by atoms with E-state index in [4.69, 9.17) is 0 Å². The second-order valence-corrected chi connectivity index (χ2v) is 5.99. The lowest BCUT2D eigenvalue weighted by Gasteiger charge is -2.25. The molecule has 1 fully saturated rings. The molecule has 14 heavy (non-hydrogen) atoms. The van der Waals surface area contributed by atoms with Crippen molar-refractivity contribution in [1.82, 2.24) is 5.32 Å². The van der Waals surface area contributed by atoms with E-state index >= 15 is 0 Å². The highest BCUT2D eigenvalue weighted by Crippen LogP contribution is 2.23. The first-order chi connectivity index (χ1) is 6.86. The number of nitrogens with one attached hydrogen (secondary N) is 1. The molecule has 78 valence electrons. The number of hydrogen-bond acceptors (Lipinski definition) is 3. The van der Waals surface area contributed by atoms with Crippen LogP contribution in [-0.4, -0.2) is 17.5 Å². The SMILES string of the molecule is CC(NC1CCSCC1)c1cccs1. The Kier molecular flexibility index (Phi) is 3.90. The van der Waals surface area contributed by atoms with Crippen molar-refractivity contribution in [2.24, 2.45) is 0 Å². The Bertz CT molecular complexity index is 252. The minimum Gasteiger partial charge on any atom is -0.307 e. The molecule has 0 saturated carbocycles. The molecule has 3 heteroatoms. The van der Waals surface area contributed by atoms with Gasteiger partial charge in [0.05, 0.1) is 0 Å². The van der Waals surface area contributed by atoms with Gasteiger partial charge in [-0.15, -0.1) is 11.3 Å². The molecule has 0 bridgehead atoms. The molecular weight excluding hydrogens is 210 g/mol. The smallest absolute Gasteiger partial charge is 0.0388 e. The predicted molar refractivity (Wildman–Crippen MR) is 66.2 cm³/mol. The molecule has 1 unspecified atom stereocenters. The van der Waals surface area contributed by atoms with Gasteiger partial charge in [0, 0.05) is 17.0 Å². The molecule has 1 aliphatic rings. The Morgan fingerprint density at radius 2 is 2.21 bits per heavy atom. The standard InChI is InChI=1S/C11H17NS2/c1-9(11-3-2-6-14-11)12-10-4-7-13-8-5-10/h2-3,6,9-10,12H,4-5,7-8H2,1H3. The van der Waals surface area contributed by atoms with E-state index in [0.717, 1.165) is 6.04 Å². The van der Waals surface area contributed by atoms with Gasteiger partial charge in [0.2, 0.25) is 0 Å². The zero-order valence-corrected chi connectivity index (χ0v) is 10.2. The molecular formula is C11H17NS2. The second kappa shape index (κ2) is 5.19. The average molecular weight is 227 g/mol. The van der Waals surface area contributed by atoms with Crippen LogP contribution in [0.3, 0.4) is 0 Å². The van der Waals surface area contributed by atoms with Gasteiger partial charge in [-0.2, -0.15) is 11.8 Å². The summed E-state index contributed by atoms with van der Waals surface area (Å²) in [4.78, 5) is 1.46. The van der Waals surface area contributed by atoms with Crippen LogP contribution in [0.25, 0.3) is 0 Å². The molecule has 0 amide bonds. The third kappa shape index (κ3) is 2.75. The zero-order chi connectivity index (χ0) is 9.80. The third-order valence-corrected chi connectivity index (χ3v) is 4.78. The summed E-state index contributed by atoms with van der Waals surface area (Å²) in [7, 11) is 0. The Hall–Kier alpha value is 0.01000. The Morgan fingerprint density at radius 3 is 2.86 bits per heavy atom. The normalized spacial score (nSPS) is 20.9. The maximum Gasteiger partial charge on any atom is 0.0388 e. The summed E-state index contributed by atoms with van der Waals surface area (Å²) in [5.74, 6) is 2.66. The van der Waals surface area contributed by atoms with Crippen LogP contribution >= 0.6 is 23.1 Å². The highest BCUT2D eigenvalue weighted by molar-refractivity contribution is 7.99. The highest BCUT2D eigenvalue weighted by Gasteiger charge is 2.16. The molecule has 2 heterocycles. The second-order valence-electron chi connectivity index (χ2n) is 3.79. The van der Waals surface area contributed by atoms with E-state index in [2.05, 4.69) is 41.5 Å². The van der Waals surface area contributed by atoms with Gasteiger partial charge in [-0.25, -0.2) is 0 Å². The van der Waals surface area contributed by atoms with Crippen molar-refractivity contribution in [3.05, 3.63) is 22.4 Å². The molecule has 1 saturated heterocycles. The van der Waals surface area contributed by atoms with E-state index in [9.17, 15) is 0 Å². The first-order valence-electron chi connectivity index (χ1n) is 5.23. The fourth-order valence-corrected chi connectivity index (χ4v) is 3.69. The van der Waals surface area contributed by atoms with Crippen molar-refractivity contribution in [2.45, 2.75) is 31.8 Å². The van der Waals surface area contributed by atoms with E-state index in [0.29, 0.717) is 6.04 Å². The topological polar surface area (TPSA) is 12.0 Å². The minimum absolute atomic E-state index is 0.531. The summed E-state index contributed by atoms with van der Waals surface area (Å²) in [6.07, 6.45) is 2.67. The van der Waals surface area contributed by atoms with E-state index in [1.807, 2.05) is 11.3 Å². The average Bonchev–Trinajstić information content (AvgIpc) is 2.72. The summed E-state index contributed by atoms with van der Waals surface area (Å²) < 4.78 is 0. The lowest BCUT2D eigenvalue weighted by Crippen LogP contribution is -2.34. The van der Waals surface area contributed by atoms with Gasteiger partial charge in [-0.05, 0) is 42.7 Å². The monoisotopic (exact) mass is 227 g/mol. The lowest BCUT2D eigenvalue weighted by atomic mass is 10.1. The van der Waals surface area contributed by atoms with Gasteiger partial charge in [-0.3, -0.25) is 0 Å². The van der Waals surface area contributed by atoms with Crippen LogP contribution in [0.2, 0.25) is 0 Å². The van der Waals surface area contributed by atoms with Crippen molar-refractivity contribution < 1.29 is 0 Å². The molecule has 0 aliphatic carbocycles. The zero-order valence-electron chi connectivity index (χ0n) is 8.53. The lowest BCUT2D eigenvalue weighted by molar-refractivity contribution is 0.434. The predicted octanol–water partition coefficient (Wildman–Crippen LogP) is 3.29. The van der Waals surface area contributed by atoms with Gasteiger partial charge in [0.15, 0.2) is 0 Å². The van der Waals surface area contributed by atoms with Crippen molar-refractivity contribution in [2.75, 3.05) is 11.5 Å². The highest BCUT2D eigenvalue weighted by atomic mass is 32.2. The Morgan fingerprint density at radius 1 is 1.43 bits per heavy atom. The molecule has 1 atom stereocenters. The molecule has 1 nitrogen and oxygen atoms in total. The summed E-state index contributed by atoms with van der Waals surface area (Å²) in [5, 5.41) is 5.88. The van der Waals surface area contributed by atoms with Gasteiger partial charge in [0.1, 0.15) is 0 Å². The van der Waals surface area contributed by atoms with Crippen LogP contribution in [0.15, 0.2) is 17.5 Å². The molecule has 1 aromatic heterocycles. The van der Waals surface area contributed by atoms with Gasteiger partial charge in [0.25, 0.3) is 0 Å². The maximum atomic E-state index is 3.72. The van der Waals surface area contributed by atoms with Gasteiger partial charge in [-0.1, -0.05) is 6.07 Å². The number of rotatable bonds is 3. The van der Waals surface area contributed by atoms with Crippen molar-refractivity contribution >= 4 is 23.1 Å². The molecule has 0 aromatic carbocycles. The molecule has 2 rings (SSSR count). The molecule has 1 aliphatic heterocycles. The number of hydrogen-bond donors (Lipinski definition) is 1. The van der Waals surface area contributed by atoms with E-state index in [1.165, 1.54) is 29.2 Å². The fraction of sp³-hybridized carbons (Fsp3) is 0.636. The van der Waals surface area contributed by atoms with Crippen LogP contribution in [0.1, 0.15) is 30.7 Å². The van der Waals surface area contributed by atoms with E-state index in [-0.39, 0.29) is 0 Å². The van der Waals surface area contributed by atoms with Crippen molar-refractivity contribution in [3.8, 4) is 0 Å². The van der Waals surface area contributed by atoms with Gasteiger partial charge < -0.3 is 5.32 Å².